The number of carbonyl (C=O) groups is 2. The molecule has 2 amide bonds. The smallest absolute Gasteiger partial charge is 0.306 e. The molecule has 2 aromatic carbocycles. The molecule has 9 heteroatoms. The van der Waals surface area contributed by atoms with Crippen molar-refractivity contribution < 1.29 is 18.9 Å². The van der Waals surface area contributed by atoms with E-state index in [-0.39, 0.29) is 36.5 Å². The van der Waals surface area contributed by atoms with Gasteiger partial charge in [-0.1, -0.05) is 36.4 Å². The highest BCUT2D eigenvalue weighted by molar-refractivity contribution is 7.10. The third kappa shape index (κ3) is 4.31. The molecule has 0 aliphatic carbocycles. The molecule has 7 nitrogen and oxygen atoms in total. The number of nitro benzene ring substituents is 1. The van der Waals surface area contributed by atoms with E-state index in [0.717, 1.165) is 22.6 Å². The van der Waals surface area contributed by atoms with Crippen molar-refractivity contribution in [3.05, 3.63) is 92.4 Å². The number of benzene rings is 2. The van der Waals surface area contributed by atoms with Crippen LogP contribution < -0.4 is 10.2 Å². The average molecular weight is 439 g/mol. The van der Waals surface area contributed by atoms with Gasteiger partial charge in [-0.15, -0.1) is 11.3 Å². The van der Waals surface area contributed by atoms with Crippen molar-refractivity contribution in [2.24, 2.45) is 5.92 Å². The van der Waals surface area contributed by atoms with Gasteiger partial charge in [-0.05, 0) is 29.1 Å². The Morgan fingerprint density at radius 1 is 1.19 bits per heavy atom. The van der Waals surface area contributed by atoms with Crippen LogP contribution in [0.1, 0.15) is 22.9 Å². The Labute approximate surface area is 181 Å². The van der Waals surface area contributed by atoms with Gasteiger partial charge in [-0.2, -0.15) is 4.39 Å². The molecular formula is C22H18FN3O4S. The highest BCUT2D eigenvalue weighted by atomic mass is 32.1. The summed E-state index contributed by atoms with van der Waals surface area (Å²) in [7, 11) is 0. The Bertz CT molecular complexity index is 1120. The van der Waals surface area contributed by atoms with Crippen molar-refractivity contribution in [1.82, 2.24) is 5.32 Å². The Balaban J connectivity index is 1.53. The van der Waals surface area contributed by atoms with Crippen molar-refractivity contribution in [2.75, 3.05) is 11.4 Å². The minimum absolute atomic E-state index is 0.0248. The van der Waals surface area contributed by atoms with Crippen LogP contribution in [0.4, 0.5) is 15.8 Å². The molecule has 4 rings (SSSR count). The molecule has 1 aliphatic rings. The van der Waals surface area contributed by atoms with E-state index in [0.29, 0.717) is 0 Å². The number of carbonyl (C=O) groups excluding carboxylic acids is 2. The van der Waals surface area contributed by atoms with E-state index < -0.39 is 22.3 Å². The van der Waals surface area contributed by atoms with Crippen LogP contribution in [-0.4, -0.2) is 23.3 Å². The number of nitrogens with one attached hydrogen (secondary N) is 1. The zero-order valence-corrected chi connectivity index (χ0v) is 17.0. The van der Waals surface area contributed by atoms with Crippen molar-refractivity contribution in [1.29, 1.82) is 0 Å². The molecular weight excluding hydrogens is 421 g/mol. The standard InChI is InChI=1S/C22H18FN3O4S/c23-17-9-8-16(12-18(17)26(29)30)25-13-15(11-20(25)27)22(28)24-21(19-7-4-10-31-19)14-5-2-1-3-6-14/h1-10,12,15,21H,11,13H2,(H,24,28). The summed E-state index contributed by atoms with van der Waals surface area (Å²) < 4.78 is 13.6. The maximum atomic E-state index is 13.6. The van der Waals surface area contributed by atoms with Gasteiger partial charge in [-0.25, -0.2) is 0 Å². The Kier molecular flexibility index (Phi) is 5.77. The molecule has 1 saturated heterocycles. The average Bonchev–Trinajstić information content (AvgIpc) is 3.43. The van der Waals surface area contributed by atoms with Gasteiger partial charge in [0.05, 0.1) is 22.6 Å². The van der Waals surface area contributed by atoms with Crippen LogP contribution in [0.25, 0.3) is 0 Å². The minimum atomic E-state index is -0.976. The number of nitrogens with zero attached hydrogens (tertiary/aromatic N) is 2. The summed E-state index contributed by atoms with van der Waals surface area (Å²) in [6.07, 6.45) is -0.0248. The van der Waals surface area contributed by atoms with Crippen LogP contribution in [0.15, 0.2) is 66.0 Å². The third-order valence-corrected chi connectivity index (χ3v) is 6.12. The molecule has 1 N–H and O–H groups in total. The maximum Gasteiger partial charge on any atom is 0.306 e. The number of nitro groups is 1. The lowest BCUT2D eigenvalue weighted by molar-refractivity contribution is -0.387. The zero-order chi connectivity index (χ0) is 22.0. The van der Waals surface area contributed by atoms with Crippen molar-refractivity contribution in [3.63, 3.8) is 0 Å². The topological polar surface area (TPSA) is 92.6 Å². The quantitative estimate of drug-likeness (QED) is 0.463. The molecule has 158 valence electrons. The van der Waals surface area contributed by atoms with Crippen molar-refractivity contribution in [3.8, 4) is 0 Å². The van der Waals surface area contributed by atoms with Gasteiger partial charge >= 0.3 is 5.69 Å². The van der Waals surface area contributed by atoms with E-state index in [1.165, 1.54) is 22.3 Å². The molecule has 2 atom stereocenters. The monoisotopic (exact) mass is 439 g/mol. The number of hydrogen-bond acceptors (Lipinski definition) is 5. The molecule has 31 heavy (non-hydrogen) atoms. The fraction of sp³-hybridized carbons (Fsp3) is 0.182. The number of halogens is 1. The van der Waals surface area contributed by atoms with Crippen LogP contribution >= 0.6 is 11.3 Å². The second kappa shape index (κ2) is 8.65. The van der Waals surface area contributed by atoms with Gasteiger partial charge < -0.3 is 10.2 Å². The molecule has 1 aromatic heterocycles. The summed E-state index contributed by atoms with van der Waals surface area (Å²) in [6, 6.07) is 16.3. The lowest BCUT2D eigenvalue weighted by Gasteiger charge is -2.21. The van der Waals surface area contributed by atoms with Gasteiger partial charge in [-0.3, -0.25) is 19.7 Å². The van der Waals surface area contributed by atoms with Crippen molar-refractivity contribution >= 4 is 34.5 Å². The van der Waals surface area contributed by atoms with Crippen LogP contribution in [0.2, 0.25) is 0 Å². The molecule has 0 bridgehead atoms. The van der Waals surface area contributed by atoms with Gasteiger partial charge in [0.25, 0.3) is 0 Å². The number of anilines is 1. The molecule has 1 aliphatic heterocycles. The molecule has 0 spiro atoms. The predicted molar refractivity (Wildman–Crippen MR) is 114 cm³/mol. The zero-order valence-electron chi connectivity index (χ0n) is 16.2. The molecule has 3 aromatic rings. The van der Waals surface area contributed by atoms with E-state index in [9.17, 15) is 24.1 Å². The molecule has 2 heterocycles. The lowest BCUT2D eigenvalue weighted by Crippen LogP contribution is -2.35. The maximum absolute atomic E-state index is 13.6. The fourth-order valence-electron chi connectivity index (χ4n) is 3.62. The number of thiophene rings is 1. The first-order valence-corrected chi connectivity index (χ1v) is 10.4. The van der Waals surface area contributed by atoms with Gasteiger partial charge in [0.15, 0.2) is 0 Å². The highest BCUT2D eigenvalue weighted by Gasteiger charge is 2.37. The second-order valence-corrected chi connectivity index (χ2v) is 8.15. The summed E-state index contributed by atoms with van der Waals surface area (Å²) >= 11 is 1.52. The van der Waals surface area contributed by atoms with Gasteiger partial charge in [0.2, 0.25) is 17.6 Å². The van der Waals surface area contributed by atoms with Crippen LogP contribution in [0.5, 0.6) is 0 Å². The Morgan fingerprint density at radius 2 is 1.97 bits per heavy atom. The summed E-state index contributed by atoms with van der Waals surface area (Å²) in [4.78, 5) is 38.0. The summed E-state index contributed by atoms with van der Waals surface area (Å²) in [5, 5.41) is 16.0. The summed E-state index contributed by atoms with van der Waals surface area (Å²) in [5.74, 6) is -2.22. The van der Waals surface area contributed by atoms with E-state index in [1.807, 2.05) is 47.8 Å². The second-order valence-electron chi connectivity index (χ2n) is 7.17. The minimum Gasteiger partial charge on any atom is -0.344 e. The Hall–Kier alpha value is -3.59. The number of amides is 2. The van der Waals surface area contributed by atoms with Gasteiger partial charge in [0.1, 0.15) is 0 Å². The first-order valence-electron chi connectivity index (χ1n) is 9.57. The van der Waals surface area contributed by atoms with E-state index in [1.54, 1.807) is 0 Å². The first-order chi connectivity index (χ1) is 14.9. The first kappa shape index (κ1) is 20.7. The molecule has 0 saturated carbocycles. The van der Waals surface area contributed by atoms with E-state index >= 15 is 0 Å². The number of hydrogen-bond donors (Lipinski definition) is 1. The summed E-state index contributed by atoms with van der Waals surface area (Å²) in [6.45, 7) is 0.0689. The van der Waals surface area contributed by atoms with E-state index in [2.05, 4.69) is 5.32 Å². The van der Waals surface area contributed by atoms with Gasteiger partial charge in [0, 0.05) is 23.9 Å². The molecule has 0 radical (unpaired) electrons. The third-order valence-electron chi connectivity index (χ3n) is 5.18. The Morgan fingerprint density at radius 3 is 2.65 bits per heavy atom. The largest absolute Gasteiger partial charge is 0.344 e. The van der Waals surface area contributed by atoms with Crippen LogP contribution in [0, 0.1) is 21.8 Å². The highest BCUT2D eigenvalue weighted by Crippen LogP contribution is 2.31. The molecule has 2 unspecified atom stereocenters. The SMILES string of the molecule is O=C(NC(c1ccccc1)c1cccs1)C1CC(=O)N(c2ccc(F)c([N+](=O)[O-])c2)C1. The van der Waals surface area contributed by atoms with Crippen LogP contribution in [-0.2, 0) is 9.59 Å². The lowest BCUT2D eigenvalue weighted by atomic mass is 10.0. The summed E-state index contributed by atoms with van der Waals surface area (Å²) in [5.41, 5.74) is 0.417. The fourth-order valence-corrected chi connectivity index (χ4v) is 4.42. The normalized spacial score (nSPS) is 16.9. The molecule has 1 fully saturated rings. The number of rotatable bonds is 6. The predicted octanol–water partition coefficient (Wildman–Crippen LogP) is 4.05. The van der Waals surface area contributed by atoms with Crippen LogP contribution in [0.3, 0.4) is 0 Å². The van der Waals surface area contributed by atoms with E-state index in [4.69, 9.17) is 0 Å². The van der Waals surface area contributed by atoms with Crippen molar-refractivity contribution in [2.45, 2.75) is 12.5 Å².